The van der Waals surface area contributed by atoms with E-state index in [1.165, 1.54) is 22.4 Å². The van der Waals surface area contributed by atoms with Gasteiger partial charge >= 0.3 is 0 Å². The molecule has 0 spiro atoms. The van der Waals surface area contributed by atoms with Crippen LogP contribution in [0.1, 0.15) is 76.6 Å². The number of carbonyl (C=O) groups is 1. The summed E-state index contributed by atoms with van der Waals surface area (Å²) in [7, 11) is 0. The second kappa shape index (κ2) is 11.2. The Morgan fingerprint density at radius 1 is 0.875 bits per heavy atom. The Balaban J connectivity index is 1.37. The molecule has 0 aliphatic carbocycles. The third-order valence-corrected chi connectivity index (χ3v) is 7.98. The number of nitrogens with one attached hydrogen (secondary N) is 1. The highest BCUT2D eigenvalue weighted by Gasteiger charge is 2.17. The van der Waals surface area contributed by atoms with Crippen LogP contribution in [0.2, 0.25) is 0 Å². The van der Waals surface area contributed by atoms with Crippen molar-refractivity contribution in [3.63, 3.8) is 0 Å². The number of rotatable bonds is 7. The summed E-state index contributed by atoms with van der Waals surface area (Å²) in [6, 6.07) is 32.7. The van der Waals surface area contributed by atoms with Gasteiger partial charge in [0, 0.05) is 28.7 Å². The lowest BCUT2D eigenvalue weighted by molar-refractivity contribution is 0.0940. The SMILES string of the molecule is Cc1c(C)n(Cc2ccc(-c3ccccc3C#N)cc2)c2ccc(C(=O)NC(C)c3cccc(C(C)C)c3)cc12. The predicted octanol–water partition coefficient (Wildman–Crippen LogP) is 8.46. The summed E-state index contributed by atoms with van der Waals surface area (Å²) < 4.78 is 2.31. The molecule has 1 unspecified atom stereocenters. The molecule has 0 bridgehead atoms. The number of hydrogen-bond acceptors (Lipinski definition) is 2. The van der Waals surface area contributed by atoms with Crippen LogP contribution in [-0.4, -0.2) is 10.5 Å². The molecule has 40 heavy (non-hydrogen) atoms. The van der Waals surface area contributed by atoms with Crippen molar-refractivity contribution in [3.05, 3.63) is 130 Å². The summed E-state index contributed by atoms with van der Waals surface area (Å²) in [5, 5.41) is 13.7. The Bertz CT molecular complexity index is 1740. The van der Waals surface area contributed by atoms with Crippen molar-refractivity contribution in [2.24, 2.45) is 0 Å². The Morgan fingerprint density at radius 3 is 2.33 bits per heavy atom. The van der Waals surface area contributed by atoms with E-state index < -0.39 is 0 Å². The number of benzene rings is 4. The monoisotopic (exact) mass is 525 g/mol. The number of nitriles is 1. The molecule has 5 rings (SSSR count). The molecule has 0 aliphatic heterocycles. The fourth-order valence-corrected chi connectivity index (χ4v) is 5.35. The standard InChI is InChI=1S/C36H35N3O/c1-23(2)29-10-8-11-30(19-29)25(4)38-36(40)31-17-18-35-34(20-31)24(3)26(5)39(35)22-27-13-15-28(16-14-27)33-12-7-6-9-32(33)21-37/h6-20,23,25H,22H2,1-5H3,(H,38,40). The molecule has 1 N–H and O–H groups in total. The summed E-state index contributed by atoms with van der Waals surface area (Å²) in [4.78, 5) is 13.2. The maximum atomic E-state index is 13.2. The van der Waals surface area contributed by atoms with Gasteiger partial charge in [0.1, 0.15) is 0 Å². The Hall–Kier alpha value is -4.62. The Morgan fingerprint density at radius 2 is 1.60 bits per heavy atom. The van der Waals surface area contributed by atoms with Crippen LogP contribution >= 0.6 is 0 Å². The molecule has 200 valence electrons. The first kappa shape index (κ1) is 27.0. The van der Waals surface area contributed by atoms with E-state index in [2.05, 4.69) is 98.2 Å². The van der Waals surface area contributed by atoms with E-state index in [9.17, 15) is 10.1 Å². The highest BCUT2D eigenvalue weighted by Crippen LogP contribution is 2.29. The second-order valence-electron chi connectivity index (χ2n) is 10.9. The van der Waals surface area contributed by atoms with E-state index in [1.54, 1.807) is 0 Å². The molecule has 4 aromatic carbocycles. The summed E-state index contributed by atoms with van der Waals surface area (Å²) >= 11 is 0. The topological polar surface area (TPSA) is 57.8 Å². The van der Waals surface area contributed by atoms with E-state index >= 15 is 0 Å². The molecule has 1 atom stereocenters. The number of aryl methyl sites for hydroxylation is 1. The summed E-state index contributed by atoms with van der Waals surface area (Å²) in [6.07, 6.45) is 0. The summed E-state index contributed by atoms with van der Waals surface area (Å²) in [6.45, 7) is 11.4. The van der Waals surface area contributed by atoms with Crippen LogP contribution in [0.5, 0.6) is 0 Å². The molecule has 4 heteroatoms. The molecule has 0 fully saturated rings. The van der Waals surface area contributed by atoms with E-state index in [1.807, 2.05) is 43.3 Å². The lowest BCUT2D eigenvalue weighted by atomic mass is 9.98. The van der Waals surface area contributed by atoms with Gasteiger partial charge in [0.2, 0.25) is 0 Å². The van der Waals surface area contributed by atoms with Gasteiger partial charge in [0.05, 0.1) is 17.7 Å². The van der Waals surface area contributed by atoms with Crippen molar-refractivity contribution < 1.29 is 4.79 Å². The van der Waals surface area contributed by atoms with Gasteiger partial charge in [-0.05, 0) is 84.3 Å². The highest BCUT2D eigenvalue weighted by molar-refractivity contribution is 5.99. The van der Waals surface area contributed by atoms with E-state index in [4.69, 9.17) is 0 Å². The molecular formula is C36H35N3O. The molecular weight excluding hydrogens is 490 g/mol. The average Bonchev–Trinajstić information content (AvgIpc) is 3.21. The quantitative estimate of drug-likeness (QED) is 0.232. The van der Waals surface area contributed by atoms with E-state index in [0.717, 1.165) is 34.1 Å². The minimum absolute atomic E-state index is 0.0672. The summed E-state index contributed by atoms with van der Waals surface area (Å²) in [5.41, 5.74) is 10.4. The largest absolute Gasteiger partial charge is 0.346 e. The van der Waals surface area contributed by atoms with Crippen molar-refractivity contribution in [3.8, 4) is 17.2 Å². The molecule has 1 heterocycles. The smallest absolute Gasteiger partial charge is 0.251 e. The van der Waals surface area contributed by atoms with Crippen LogP contribution < -0.4 is 5.32 Å². The molecule has 0 saturated heterocycles. The van der Waals surface area contributed by atoms with Crippen LogP contribution in [0.25, 0.3) is 22.0 Å². The van der Waals surface area contributed by atoms with Gasteiger partial charge in [-0.15, -0.1) is 0 Å². The van der Waals surface area contributed by atoms with Gasteiger partial charge in [0.15, 0.2) is 0 Å². The first-order chi connectivity index (χ1) is 19.3. The minimum Gasteiger partial charge on any atom is -0.346 e. The number of aromatic nitrogens is 1. The second-order valence-corrected chi connectivity index (χ2v) is 10.9. The first-order valence-electron chi connectivity index (χ1n) is 13.9. The van der Waals surface area contributed by atoms with Crippen molar-refractivity contribution in [1.29, 1.82) is 5.26 Å². The Kier molecular flexibility index (Phi) is 7.58. The fourth-order valence-electron chi connectivity index (χ4n) is 5.35. The highest BCUT2D eigenvalue weighted by atomic mass is 16.1. The van der Waals surface area contributed by atoms with Crippen LogP contribution in [-0.2, 0) is 6.54 Å². The molecule has 1 aromatic heterocycles. The van der Waals surface area contributed by atoms with Gasteiger partial charge in [0.25, 0.3) is 5.91 Å². The normalized spacial score (nSPS) is 11.9. The van der Waals surface area contributed by atoms with Gasteiger partial charge in [-0.3, -0.25) is 4.79 Å². The average molecular weight is 526 g/mol. The third-order valence-electron chi connectivity index (χ3n) is 7.98. The minimum atomic E-state index is -0.0857. The number of carbonyl (C=O) groups excluding carboxylic acids is 1. The number of hydrogen-bond donors (Lipinski definition) is 1. The maximum absolute atomic E-state index is 13.2. The zero-order valence-electron chi connectivity index (χ0n) is 23.8. The molecule has 0 saturated carbocycles. The zero-order chi connectivity index (χ0) is 28.4. The predicted molar refractivity (Wildman–Crippen MR) is 164 cm³/mol. The fraction of sp³-hybridized carbons (Fsp3) is 0.222. The third kappa shape index (κ3) is 5.28. The summed E-state index contributed by atoms with van der Waals surface area (Å²) in [5.74, 6) is 0.376. The number of fused-ring (bicyclic) bond motifs is 1. The van der Waals surface area contributed by atoms with Crippen molar-refractivity contribution in [1.82, 2.24) is 9.88 Å². The molecule has 1 amide bonds. The van der Waals surface area contributed by atoms with Gasteiger partial charge in [-0.1, -0.05) is 80.6 Å². The number of amides is 1. The lowest BCUT2D eigenvalue weighted by Crippen LogP contribution is -2.26. The maximum Gasteiger partial charge on any atom is 0.251 e. The van der Waals surface area contributed by atoms with Crippen LogP contribution in [0.15, 0.2) is 91.0 Å². The number of nitrogens with zero attached hydrogens (tertiary/aromatic N) is 2. The van der Waals surface area contributed by atoms with Gasteiger partial charge in [-0.25, -0.2) is 0 Å². The van der Waals surface area contributed by atoms with Crippen molar-refractivity contribution in [2.75, 3.05) is 0 Å². The molecule has 4 nitrogen and oxygen atoms in total. The van der Waals surface area contributed by atoms with Gasteiger partial charge < -0.3 is 9.88 Å². The molecule has 0 aliphatic rings. The molecule has 5 aromatic rings. The van der Waals surface area contributed by atoms with Gasteiger partial charge in [-0.2, -0.15) is 5.26 Å². The molecule has 0 radical (unpaired) electrons. The van der Waals surface area contributed by atoms with Crippen LogP contribution in [0.3, 0.4) is 0 Å². The first-order valence-corrected chi connectivity index (χ1v) is 13.9. The lowest BCUT2D eigenvalue weighted by Gasteiger charge is -2.16. The van der Waals surface area contributed by atoms with E-state index in [-0.39, 0.29) is 11.9 Å². The van der Waals surface area contributed by atoms with Crippen LogP contribution in [0, 0.1) is 25.2 Å². The Labute approximate surface area is 236 Å². The van der Waals surface area contributed by atoms with Crippen LogP contribution in [0.4, 0.5) is 0 Å². The zero-order valence-corrected chi connectivity index (χ0v) is 23.8. The van der Waals surface area contributed by atoms with Crippen molar-refractivity contribution in [2.45, 2.75) is 53.1 Å². The van der Waals surface area contributed by atoms with E-state index in [0.29, 0.717) is 17.0 Å². The van der Waals surface area contributed by atoms with Crippen molar-refractivity contribution >= 4 is 16.8 Å².